The average Bonchev–Trinajstić information content (AvgIpc) is 2.71. The number of benzene rings is 2. The highest BCUT2D eigenvalue weighted by molar-refractivity contribution is 14.0. The summed E-state index contributed by atoms with van der Waals surface area (Å²) in [7, 11) is 4.03. The Labute approximate surface area is 185 Å². The van der Waals surface area contributed by atoms with E-state index in [0.29, 0.717) is 6.61 Å². The molecule has 0 saturated carbocycles. The molecule has 28 heavy (non-hydrogen) atoms. The predicted molar refractivity (Wildman–Crippen MR) is 129 cm³/mol. The molecule has 0 aromatic heterocycles. The molecule has 1 saturated heterocycles. The highest BCUT2D eigenvalue weighted by atomic mass is 127. The van der Waals surface area contributed by atoms with Gasteiger partial charge in [0.25, 0.3) is 0 Å². The van der Waals surface area contributed by atoms with E-state index in [1.807, 2.05) is 13.1 Å². The van der Waals surface area contributed by atoms with Gasteiger partial charge in [-0.15, -0.1) is 24.0 Å². The van der Waals surface area contributed by atoms with Crippen LogP contribution in [-0.2, 0) is 0 Å². The van der Waals surface area contributed by atoms with E-state index >= 15 is 0 Å². The van der Waals surface area contributed by atoms with Crippen LogP contribution in [0.1, 0.15) is 19.3 Å². The lowest BCUT2D eigenvalue weighted by atomic mass is 9.97. The fourth-order valence-corrected chi connectivity index (χ4v) is 3.45. The fourth-order valence-electron chi connectivity index (χ4n) is 3.45. The quantitative estimate of drug-likeness (QED) is 0.266. The van der Waals surface area contributed by atoms with Gasteiger partial charge >= 0.3 is 0 Å². The van der Waals surface area contributed by atoms with Gasteiger partial charge < -0.3 is 20.3 Å². The lowest BCUT2D eigenvalue weighted by molar-refractivity contribution is 0.220. The molecule has 0 aliphatic carbocycles. The minimum absolute atomic E-state index is 0. The normalized spacial score (nSPS) is 15.9. The van der Waals surface area contributed by atoms with Crippen molar-refractivity contribution in [1.29, 1.82) is 0 Å². The monoisotopic (exact) mass is 496 g/mol. The molecular weight excluding hydrogens is 463 g/mol. The van der Waals surface area contributed by atoms with Crippen molar-refractivity contribution in [2.24, 2.45) is 10.9 Å². The van der Waals surface area contributed by atoms with E-state index in [2.05, 4.69) is 64.0 Å². The van der Waals surface area contributed by atoms with Crippen molar-refractivity contribution in [3.63, 3.8) is 0 Å². The zero-order valence-electron chi connectivity index (χ0n) is 17.0. The Morgan fingerprint density at radius 1 is 1.11 bits per heavy atom. The minimum Gasteiger partial charge on any atom is -0.494 e. The molecule has 0 spiro atoms. The number of hydrogen-bond acceptors (Lipinski definition) is 3. The van der Waals surface area contributed by atoms with Crippen LogP contribution < -0.4 is 15.4 Å². The summed E-state index contributed by atoms with van der Waals surface area (Å²) in [5, 5.41) is 9.30. The van der Waals surface area contributed by atoms with Crippen LogP contribution in [0.5, 0.6) is 5.75 Å². The molecule has 1 aliphatic heterocycles. The largest absolute Gasteiger partial charge is 0.494 e. The molecule has 0 radical (unpaired) electrons. The maximum absolute atomic E-state index is 5.89. The van der Waals surface area contributed by atoms with E-state index in [1.54, 1.807) is 0 Å². The molecule has 1 fully saturated rings. The predicted octanol–water partition coefficient (Wildman–Crippen LogP) is 3.73. The molecule has 2 aromatic carbocycles. The van der Waals surface area contributed by atoms with Gasteiger partial charge in [0.05, 0.1) is 6.61 Å². The summed E-state index contributed by atoms with van der Waals surface area (Å²) in [6.07, 6.45) is 3.46. The molecule has 0 atom stereocenters. The molecule has 3 rings (SSSR count). The molecule has 0 bridgehead atoms. The van der Waals surface area contributed by atoms with Crippen molar-refractivity contribution >= 4 is 40.7 Å². The fraction of sp³-hybridized carbons (Fsp3) is 0.500. The van der Waals surface area contributed by atoms with Gasteiger partial charge in [0, 0.05) is 20.1 Å². The van der Waals surface area contributed by atoms with Gasteiger partial charge in [-0.1, -0.05) is 30.3 Å². The molecule has 6 heteroatoms. The van der Waals surface area contributed by atoms with Crippen molar-refractivity contribution in [3.8, 4) is 5.75 Å². The van der Waals surface area contributed by atoms with Crippen molar-refractivity contribution in [2.45, 2.75) is 19.3 Å². The number of hydrogen-bond donors (Lipinski definition) is 2. The first-order valence-corrected chi connectivity index (χ1v) is 9.99. The van der Waals surface area contributed by atoms with E-state index < -0.39 is 0 Å². The molecule has 2 N–H and O–H groups in total. The number of halogens is 1. The van der Waals surface area contributed by atoms with Crippen LogP contribution in [0.15, 0.2) is 47.5 Å². The number of likely N-dealkylation sites (tertiary alicyclic amines) is 1. The standard InChI is InChI=1S/C22H32N4O.HI/c1-23-22(25-17-18-10-13-26(2)14-11-18)24-12-5-15-27-21-9-8-19-6-3-4-7-20(19)16-21;/h3-4,6-9,16,18H,5,10-15,17H2,1-2H3,(H2,23,24,25);1H. The summed E-state index contributed by atoms with van der Waals surface area (Å²) in [6, 6.07) is 14.6. The van der Waals surface area contributed by atoms with Crippen molar-refractivity contribution in [2.75, 3.05) is 46.9 Å². The molecule has 5 nitrogen and oxygen atoms in total. The number of ether oxygens (including phenoxy) is 1. The number of piperidine rings is 1. The van der Waals surface area contributed by atoms with E-state index in [4.69, 9.17) is 4.74 Å². The number of fused-ring (bicyclic) bond motifs is 1. The molecule has 2 aromatic rings. The lowest BCUT2D eigenvalue weighted by Crippen LogP contribution is -2.42. The molecule has 1 aliphatic rings. The highest BCUT2D eigenvalue weighted by Crippen LogP contribution is 2.20. The third kappa shape index (κ3) is 7.13. The van der Waals surface area contributed by atoms with Gasteiger partial charge in [0.1, 0.15) is 5.75 Å². The van der Waals surface area contributed by atoms with Gasteiger partial charge in [0.2, 0.25) is 0 Å². The van der Waals surface area contributed by atoms with Crippen molar-refractivity contribution in [1.82, 2.24) is 15.5 Å². The highest BCUT2D eigenvalue weighted by Gasteiger charge is 2.16. The summed E-state index contributed by atoms with van der Waals surface area (Å²) in [5.41, 5.74) is 0. The first-order valence-electron chi connectivity index (χ1n) is 9.99. The molecule has 154 valence electrons. The van der Waals surface area contributed by atoms with Gasteiger partial charge in [0.15, 0.2) is 5.96 Å². The molecule has 1 heterocycles. The van der Waals surface area contributed by atoms with Gasteiger partial charge in [-0.2, -0.15) is 0 Å². The Hall–Kier alpha value is -1.54. The smallest absolute Gasteiger partial charge is 0.190 e. The third-order valence-electron chi connectivity index (χ3n) is 5.22. The number of guanidine groups is 1. The number of rotatable bonds is 7. The minimum atomic E-state index is 0. The Morgan fingerprint density at radius 2 is 1.86 bits per heavy atom. The van der Waals surface area contributed by atoms with E-state index in [-0.39, 0.29) is 24.0 Å². The summed E-state index contributed by atoms with van der Waals surface area (Å²) in [4.78, 5) is 6.72. The second-order valence-corrected chi connectivity index (χ2v) is 7.34. The molecular formula is C22H33IN4O. The molecule has 0 amide bonds. The SMILES string of the molecule is CN=C(NCCCOc1ccc2ccccc2c1)NCC1CCN(C)CC1.I. The summed E-state index contributed by atoms with van der Waals surface area (Å²) >= 11 is 0. The van der Waals surface area contributed by atoms with Gasteiger partial charge in [-0.3, -0.25) is 4.99 Å². The van der Waals surface area contributed by atoms with E-state index in [1.165, 1.54) is 36.7 Å². The number of nitrogens with one attached hydrogen (secondary N) is 2. The zero-order valence-corrected chi connectivity index (χ0v) is 19.3. The first-order chi connectivity index (χ1) is 13.2. The first kappa shape index (κ1) is 22.7. The van der Waals surface area contributed by atoms with E-state index in [9.17, 15) is 0 Å². The lowest BCUT2D eigenvalue weighted by Gasteiger charge is -2.29. The maximum atomic E-state index is 5.89. The molecule has 0 unspecified atom stereocenters. The van der Waals surface area contributed by atoms with Crippen LogP contribution in [0.3, 0.4) is 0 Å². The van der Waals surface area contributed by atoms with Crippen molar-refractivity contribution in [3.05, 3.63) is 42.5 Å². The Kier molecular flexibility index (Phi) is 9.84. The van der Waals surface area contributed by atoms with Crippen LogP contribution in [0.4, 0.5) is 0 Å². The second-order valence-electron chi connectivity index (χ2n) is 7.34. The maximum Gasteiger partial charge on any atom is 0.190 e. The Bertz CT molecular complexity index is 744. The average molecular weight is 496 g/mol. The summed E-state index contributed by atoms with van der Waals surface area (Å²) in [5.74, 6) is 2.56. The zero-order chi connectivity index (χ0) is 18.9. The van der Waals surface area contributed by atoms with Crippen LogP contribution in [0.25, 0.3) is 10.8 Å². The van der Waals surface area contributed by atoms with Gasteiger partial charge in [-0.05, 0) is 68.2 Å². The summed E-state index contributed by atoms with van der Waals surface area (Å²) < 4.78 is 5.89. The topological polar surface area (TPSA) is 48.9 Å². The van der Waals surface area contributed by atoms with Crippen LogP contribution >= 0.6 is 24.0 Å². The summed E-state index contributed by atoms with van der Waals surface area (Å²) in [6.45, 7) is 4.94. The second kappa shape index (κ2) is 12.1. The number of nitrogens with zero attached hydrogens (tertiary/aromatic N) is 2. The van der Waals surface area contributed by atoms with Crippen LogP contribution in [0, 0.1) is 5.92 Å². The third-order valence-corrected chi connectivity index (χ3v) is 5.22. The van der Waals surface area contributed by atoms with E-state index in [0.717, 1.165) is 37.1 Å². The van der Waals surface area contributed by atoms with Crippen molar-refractivity contribution < 1.29 is 4.74 Å². The number of aliphatic imine (C=N–C) groups is 1. The Morgan fingerprint density at radius 3 is 2.61 bits per heavy atom. The van der Waals surface area contributed by atoms with Gasteiger partial charge in [-0.25, -0.2) is 0 Å². The Balaban J connectivity index is 0.00000280. The van der Waals surface area contributed by atoms with Crippen LogP contribution in [-0.4, -0.2) is 57.7 Å². The van der Waals surface area contributed by atoms with Crippen LogP contribution in [0.2, 0.25) is 0 Å².